The van der Waals surface area contributed by atoms with Crippen molar-refractivity contribution in [3.63, 3.8) is 0 Å². The maximum Gasteiger partial charge on any atom is 0.264 e. The van der Waals surface area contributed by atoms with Crippen molar-refractivity contribution >= 4 is 33.2 Å². The van der Waals surface area contributed by atoms with Crippen LogP contribution in [0.2, 0.25) is 5.02 Å². The average Bonchev–Trinajstić information content (AvgIpc) is 3.21. The first kappa shape index (κ1) is 19.5. The van der Waals surface area contributed by atoms with E-state index in [9.17, 15) is 13.2 Å². The van der Waals surface area contributed by atoms with Gasteiger partial charge < -0.3 is 9.64 Å². The van der Waals surface area contributed by atoms with E-state index in [4.69, 9.17) is 16.3 Å². The summed E-state index contributed by atoms with van der Waals surface area (Å²) >= 11 is 5.93. The third-order valence-electron chi connectivity index (χ3n) is 4.50. The summed E-state index contributed by atoms with van der Waals surface area (Å²) in [5.74, 6) is 0.347. The average molecular weight is 409 g/mol. The second kappa shape index (κ2) is 8.19. The number of carbonyl (C=O) groups is 1. The van der Waals surface area contributed by atoms with Gasteiger partial charge in [0.15, 0.2) is 0 Å². The Hall–Kier alpha value is -2.25. The number of likely N-dealkylation sites (tertiary alicyclic amines) is 1. The molecule has 2 aromatic rings. The second-order valence-electron chi connectivity index (χ2n) is 6.25. The Morgan fingerprint density at radius 3 is 2.22 bits per heavy atom. The topological polar surface area (TPSA) is 66.9 Å². The summed E-state index contributed by atoms with van der Waals surface area (Å²) < 4.78 is 32.7. The molecule has 1 aliphatic heterocycles. The molecule has 0 aromatic heterocycles. The lowest BCUT2D eigenvalue weighted by Gasteiger charge is -2.26. The van der Waals surface area contributed by atoms with Crippen molar-refractivity contribution in [2.45, 2.75) is 17.7 Å². The number of halogens is 1. The first-order chi connectivity index (χ1) is 12.9. The predicted molar refractivity (Wildman–Crippen MR) is 105 cm³/mol. The van der Waals surface area contributed by atoms with E-state index in [-0.39, 0.29) is 17.3 Å². The standard InChI is InChI=1S/C19H21ClN2O4S/c1-26-17-8-10-18(11-9-17)27(24,25)22(16-6-4-15(20)5-7-16)14-19(23)21-12-2-3-13-21/h4-11H,2-3,12-14H2,1H3. The lowest BCUT2D eigenvalue weighted by Crippen LogP contribution is -2.42. The molecule has 144 valence electrons. The summed E-state index contributed by atoms with van der Waals surface area (Å²) in [5, 5.41) is 0.492. The van der Waals surface area contributed by atoms with E-state index in [0.29, 0.717) is 29.5 Å². The fraction of sp³-hybridized carbons (Fsp3) is 0.316. The number of rotatable bonds is 6. The Labute approximate surface area is 164 Å². The fourth-order valence-corrected chi connectivity index (χ4v) is 4.53. The number of ether oxygens (including phenoxy) is 1. The Bertz CT molecular complexity index is 892. The van der Waals surface area contributed by atoms with Gasteiger partial charge in [-0.2, -0.15) is 0 Å². The zero-order chi connectivity index (χ0) is 19.4. The van der Waals surface area contributed by atoms with Crippen LogP contribution in [0.15, 0.2) is 53.4 Å². The number of benzene rings is 2. The van der Waals surface area contributed by atoms with Crippen LogP contribution < -0.4 is 9.04 Å². The number of anilines is 1. The van der Waals surface area contributed by atoms with Crippen LogP contribution in [0.4, 0.5) is 5.69 Å². The minimum atomic E-state index is -3.93. The minimum Gasteiger partial charge on any atom is -0.497 e. The molecule has 8 heteroatoms. The van der Waals surface area contributed by atoms with E-state index in [1.807, 2.05) is 0 Å². The molecule has 1 amide bonds. The monoisotopic (exact) mass is 408 g/mol. The Balaban J connectivity index is 1.96. The van der Waals surface area contributed by atoms with Crippen LogP contribution in [0.3, 0.4) is 0 Å². The molecule has 0 saturated carbocycles. The van der Waals surface area contributed by atoms with E-state index >= 15 is 0 Å². The van der Waals surface area contributed by atoms with Crippen molar-refractivity contribution in [2.24, 2.45) is 0 Å². The van der Waals surface area contributed by atoms with Crippen molar-refractivity contribution < 1.29 is 17.9 Å². The normalized spacial score (nSPS) is 14.2. The number of carbonyl (C=O) groups excluding carboxylic acids is 1. The molecule has 0 unspecified atom stereocenters. The molecule has 2 aromatic carbocycles. The van der Waals surface area contributed by atoms with Crippen LogP contribution in [-0.4, -0.2) is 46.0 Å². The van der Waals surface area contributed by atoms with Gasteiger partial charge in [-0.25, -0.2) is 8.42 Å². The number of methoxy groups -OCH3 is 1. The highest BCUT2D eigenvalue weighted by molar-refractivity contribution is 7.92. The van der Waals surface area contributed by atoms with Crippen molar-refractivity contribution in [2.75, 3.05) is 31.0 Å². The van der Waals surface area contributed by atoms with Crippen molar-refractivity contribution in [1.29, 1.82) is 0 Å². The SMILES string of the molecule is COc1ccc(S(=O)(=O)N(CC(=O)N2CCCC2)c2ccc(Cl)cc2)cc1. The van der Waals surface area contributed by atoms with Gasteiger partial charge >= 0.3 is 0 Å². The van der Waals surface area contributed by atoms with Gasteiger partial charge in [-0.3, -0.25) is 9.10 Å². The van der Waals surface area contributed by atoms with Crippen LogP contribution in [0.1, 0.15) is 12.8 Å². The smallest absolute Gasteiger partial charge is 0.264 e. The van der Waals surface area contributed by atoms with E-state index < -0.39 is 10.0 Å². The minimum absolute atomic E-state index is 0.0903. The van der Waals surface area contributed by atoms with E-state index in [2.05, 4.69) is 0 Å². The quantitative estimate of drug-likeness (QED) is 0.736. The fourth-order valence-electron chi connectivity index (χ4n) is 2.99. The number of sulfonamides is 1. The molecule has 1 saturated heterocycles. The van der Waals surface area contributed by atoms with Gasteiger partial charge in [0.25, 0.3) is 10.0 Å². The van der Waals surface area contributed by atoms with Crippen molar-refractivity contribution in [1.82, 2.24) is 4.90 Å². The zero-order valence-corrected chi connectivity index (χ0v) is 16.5. The Kier molecular flexibility index (Phi) is 5.92. The van der Waals surface area contributed by atoms with Gasteiger partial charge in [0.1, 0.15) is 12.3 Å². The molecule has 1 aliphatic rings. The lowest BCUT2D eigenvalue weighted by atomic mass is 10.3. The first-order valence-corrected chi connectivity index (χ1v) is 10.4. The lowest BCUT2D eigenvalue weighted by molar-refractivity contribution is -0.128. The summed E-state index contributed by atoms with van der Waals surface area (Å²) in [5.41, 5.74) is 0.391. The van der Waals surface area contributed by atoms with Gasteiger partial charge in [0.05, 0.1) is 17.7 Å². The number of hydrogen-bond acceptors (Lipinski definition) is 4. The summed E-state index contributed by atoms with van der Waals surface area (Å²) in [6, 6.07) is 12.5. The van der Waals surface area contributed by atoms with Crippen LogP contribution in [0.25, 0.3) is 0 Å². The van der Waals surface area contributed by atoms with Crippen LogP contribution >= 0.6 is 11.6 Å². The third kappa shape index (κ3) is 4.36. The Morgan fingerprint density at radius 1 is 1.07 bits per heavy atom. The molecule has 0 bridgehead atoms. The molecular weight excluding hydrogens is 388 g/mol. The largest absolute Gasteiger partial charge is 0.497 e. The predicted octanol–water partition coefficient (Wildman–Crippen LogP) is 3.17. The summed E-state index contributed by atoms with van der Waals surface area (Å²) in [6.45, 7) is 1.07. The zero-order valence-electron chi connectivity index (χ0n) is 15.0. The highest BCUT2D eigenvalue weighted by Crippen LogP contribution is 2.26. The van der Waals surface area contributed by atoms with Crippen molar-refractivity contribution in [3.05, 3.63) is 53.6 Å². The summed E-state index contributed by atoms with van der Waals surface area (Å²) in [7, 11) is -2.42. The number of nitrogens with zero attached hydrogens (tertiary/aromatic N) is 2. The molecule has 6 nitrogen and oxygen atoms in total. The maximum absolute atomic E-state index is 13.2. The number of amides is 1. The molecule has 27 heavy (non-hydrogen) atoms. The molecule has 1 heterocycles. The van der Waals surface area contributed by atoms with Crippen molar-refractivity contribution in [3.8, 4) is 5.75 Å². The van der Waals surface area contributed by atoms with E-state index in [1.54, 1.807) is 41.3 Å². The molecule has 3 rings (SSSR count). The van der Waals surface area contributed by atoms with Gasteiger partial charge in [-0.15, -0.1) is 0 Å². The van der Waals surface area contributed by atoms with Crippen LogP contribution in [0, 0.1) is 0 Å². The summed E-state index contributed by atoms with van der Waals surface area (Å²) in [4.78, 5) is 14.4. The molecule has 0 radical (unpaired) electrons. The Morgan fingerprint density at radius 2 is 1.67 bits per heavy atom. The first-order valence-electron chi connectivity index (χ1n) is 8.62. The highest BCUT2D eigenvalue weighted by Gasteiger charge is 2.29. The van der Waals surface area contributed by atoms with Crippen LogP contribution in [0.5, 0.6) is 5.75 Å². The highest BCUT2D eigenvalue weighted by atomic mass is 35.5. The van der Waals surface area contributed by atoms with E-state index in [1.165, 1.54) is 19.2 Å². The van der Waals surface area contributed by atoms with Crippen LogP contribution in [-0.2, 0) is 14.8 Å². The maximum atomic E-state index is 13.2. The van der Waals surface area contributed by atoms with Gasteiger partial charge in [-0.1, -0.05) is 11.6 Å². The molecule has 0 N–H and O–H groups in total. The molecule has 0 aliphatic carbocycles. The molecule has 0 atom stereocenters. The second-order valence-corrected chi connectivity index (χ2v) is 8.55. The molecular formula is C19H21ClN2O4S. The summed E-state index contributed by atoms with van der Waals surface area (Å²) in [6.07, 6.45) is 1.88. The number of hydrogen-bond donors (Lipinski definition) is 0. The van der Waals surface area contributed by atoms with Gasteiger partial charge in [-0.05, 0) is 61.4 Å². The van der Waals surface area contributed by atoms with Gasteiger partial charge in [0.2, 0.25) is 5.91 Å². The van der Waals surface area contributed by atoms with E-state index in [0.717, 1.165) is 17.1 Å². The van der Waals surface area contributed by atoms with Gasteiger partial charge in [0, 0.05) is 18.1 Å². The third-order valence-corrected chi connectivity index (χ3v) is 6.54. The molecule has 1 fully saturated rings. The molecule has 0 spiro atoms.